The van der Waals surface area contributed by atoms with Crippen molar-refractivity contribution < 1.29 is 18.6 Å². The van der Waals surface area contributed by atoms with Crippen LogP contribution >= 0.6 is 15.9 Å². The Hall–Kier alpha value is -2.07. The van der Waals surface area contributed by atoms with Gasteiger partial charge in [-0.1, -0.05) is 28.9 Å². The standard InChI is InChI=1S/C25H32BrFN4O3/c1-5-16(13-32-10-15-11-33-25(3,4)34-12-15)23-22-14(2)29-24(28)31-21(22)9-20(30-23)18-7-6-17(27)8-19(18)26/h6-8,15,20,30H,5,9-13H2,1-4H3,(H2,28,29,31)/t20-/m1/s1. The minimum absolute atomic E-state index is 0.102. The molecule has 1 saturated heterocycles. The minimum atomic E-state index is -0.536. The maximum absolute atomic E-state index is 13.7. The van der Waals surface area contributed by atoms with Gasteiger partial charge >= 0.3 is 0 Å². The molecule has 9 heteroatoms. The summed E-state index contributed by atoms with van der Waals surface area (Å²) in [6.07, 6.45) is 1.40. The van der Waals surface area contributed by atoms with Crippen LogP contribution in [0.3, 0.4) is 0 Å². The normalized spacial score (nSPS) is 21.6. The largest absolute Gasteiger partial charge is 0.377 e. The van der Waals surface area contributed by atoms with Crippen LogP contribution in [0.25, 0.3) is 5.70 Å². The van der Waals surface area contributed by atoms with Gasteiger partial charge in [-0.3, -0.25) is 0 Å². The monoisotopic (exact) mass is 534 g/mol. The van der Waals surface area contributed by atoms with Gasteiger partial charge < -0.3 is 25.3 Å². The zero-order valence-corrected chi connectivity index (χ0v) is 21.7. The van der Waals surface area contributed by atoms with Gasteiger partial charge in [0.1, 0.15) is 5.82 Å². The van der Waals surface area contributed by atoms with Crippen molar-refractivity contribution in [3.05, 3.63) is 56.6 Å². The Kier molecular flexibility index (Phi) is 7.57. The first kappa shape index (κ1) is 25.0. The average molecular weight is 535 g/mol. The number of nitrogen functional groups attached to an aromatic ring is 1. The molecular weight excluding hydrogens is 503 g/mol. The predicted molar refractivity (Wildman–Crippen MR) is 132 cm³/mol. The smallest absolute Gasteiger partial charge is 0.220 e. The SMILES string of the molecule is CCC(COCC1COC(C)(C)OC1)=C1N[C@@H](c2ccc(F)cc2Br)Cc2nc(N)nc(C)c21. The van der Waals surface area contributed by atoms with Crippen molar-refractivity contribution >= 4 is 27.6 Å². The highest BCUT2D eigenvalue weighted by molar-refractivity contribution is 9.10. The third kappa shape index (κ3) is 5.59. The number of fused-ring (bicyclic) bond motifs is 1. The van der Waals surface area contributed by atoms with Crippen molar-refractivity contribution in [2.45, 2.75) is 52.4 Å². The molecule has 4 rings (SSSR count). The number of ether oxygens (including phenoxy) is 3. The molecule has 1 atom stereocenters. The number of nitrogens with two attached hydrogens (primary N) is 1. The molecule has 0 radical (unpaired) electrons. The Balaban J connectivity index is 1.60. The Morgan fingerprint density at radius 2 is 2.03 bits per heavy atom. The zero-order chi connectivity index (χ0) is 24.5. The maximum Gasteiger partial charge on any atom is 0.220 e. The van der Waals surface area contributed by atoms with Crippen molar-refractivity contribution in [2.75, 3.05) is 32.2 Å². The van der Waals surface area contributed by atoms with Crippen LogP contribution in [0.15, 0.2) is 28.2 Å². The first-order valence-corrected chi connectivity index (χ1v) is 12.4. The molecule has 0 amide bonds. The van der Waals surface area contributed by atoms with Crippen LogP contribution in [-0.2, 0) is 20.6 Å². The van der Waals surface area contributed by atoms with Crippen LogP contribution in [0.2, 0.25) is 0 Å². The summed E-state index contributed by atoms with van der Waals surface area (Å²) in [5.74, 6) is -0.377. The van der Waals surface area contributed by atoms with Crippen molar-refractivity contribution in [3.63, 3.8) is 0 Å². The lowest BCUT2D eigenvalue weighted by atomic mass is 9.90. The van der Waals surface area contributed by atoms with Gasteiger partial charge in [0, 0.05) is 28.1 Å². The second-order valence-corrected chi connectivity index (χ2v) is 10.1. The van der Waals surface area contributed by atoms with E-state index < -0.39 is 5.79 Å². The maximum atomic E-state index is 13.7. The molecule has 3 heterocycles. The van der Waals surface area contributed by atoms with Crippen LogP contribution in [0.4, 0.5) is 10.3 Å². The van der Waals surface area contributed by atoms with Crippen molar-refractivity contribution in [1.82, 2.24) is 15.3 Å². The van der Waals surface area contributed by atoms with E-state index in [9.17, 15) is 4.39 Å². The number of nitrogens with one attached hydrogen (secondary N) is 1. The molecule has 0 aliphatic carbocycles. The van der Waals surface area contributed by atoms with Gasteiger partial charge in [0.2, 0.25) is 5.95 Å². The summed E-state index contributed by atoms with van der Waals surface area (Å²) < 4.78 is 32.1. The average Bonchev–Trinajstić information content (AvgIpc) is 2.76. The molecule has 34 heavy (non-hydrogen) atoms. The number of hydrogen-bond donors (Lipinski definition) is 2. The van der Waals surface area contributed by atoms with Crippen LogP contribution in [-0.4, -0.2) is 42.2 Å². The van der Waals surface area contributed by atoms with E-state index in [0.717, 1.165) is 40.2 Å². The van der Waals surface area contributed by atoms with Gasteiger partial charge in [0.15, 0.2) is 5.79 Å². The number of nitrogens with zero attached hydrogens (tertiary/aromatic N) is 2. The number of aromatic nitrogens is 2. The highest BCUT2D eigenvalue weighted by Crippen LogP contribution is 2.37. The van der Waals surface area contributed by atoms with Gasteiger partial charge in [-0.2, -0.15) is 0 Å². The molecule has 7 nitrogen and oxygen atoms in total. The van der Waals surface area contributed by atoms with Crippen LogP contribution < -0.4 is 11.1 Å². The molecule has 1 aromatic carbocycles. The fourth-order valence-electron chi connectivity index (χ4n) is 4.39. The molecular formula is C25H32BrFN4O3. The number of aryl methyl sites for hydroxylation is 1. The second kappa shape index (κ2) is 10.3. The fourth-order valence-corrected chi connectivity index (χ4v) is 5.02. The first-order valence-electron chi connectivity index (χ1n) is 11.6. The van der Waals surface area contributed by atoms with E-state index in [0.29, 0.717) is 37.3 Å². The lowest BCUT2D eigenvalue weighted by Crippen LogP contribution is -2.40. The van der Waals surface area contributed by atoms with E-state index in [-0.39, 0.29) is 23.7 Å². The summed E-state index contributed by atoms with van der Waals surface area (Å²) in [6.45, 7) is 10.1. The third-order valence-electron chi connectivity index (χ3n) is 6.23. The molecule has 0 unspecified atom stereocenters. The van der Waals surface area contributed by atoms with Crippen molar-refractivity contribution in [2.24, 2.45) is 5.92 Å². The first-order chi connectivity index (χ1) is 16.2. The fraction of sp³-hybridized carbons (Fsp3) is 0.520. The van der Waals surface area contributed by atoms with E-state index in [2.05, 4.69) is 38.1 Å². The lowest BCUT2D eigenvalue weighted by Gasteiger charge is -2.35. The molecule has 1 fully saturated rings. The van der Waals surface area contributed by atoms with E-state index >= 15 is 0 Å². The molecule has 0 spiro atoms. The van der Waals surface area contributed by atoms with Crippen molar-refractivity contribution in [3.8, 4) is 0 Å². The topological polar surface area (TPSA) is 91.5 Å². The van der Waals surface area contributed by atoms with Gasteiger partial charge in [0.05, 0.1) is 43.9 Å². The van der Waals surface area contributed by atoms with Gasteiger partial charge in [-0.05, 0) is 50.5 Å². The number of halogens is 2. The molecule has 184 valence electrons. The Bertz CT molecular complexity index is 1080. The molecule has 2 aliphatic rings. The highest BCUT2D eigenvalue weighted by atomic mass is 79.9. The summed E-state index contributed by atoms with van der Waals surface area (Å²) in [4.78, 5) is 8.97. The Labute approximate surface area is 208 Å². The Morgan fingerprint density at radius 3 is 2.71 bits per heavy atom. The van der Waals surface area contributed by atoms with Crippen LogP contribution in [0, 0.1) is 18.7 Å². The molecule has 2 aliphatic heterocycles. The van der Waals surface area contributed by atoms with Crippen molar-refractivity contribution in [1.29, 1.82) is 0 Å². The number of rotatable bonds is 6. The molecule has 3 N–H and O–H groups in total. The minimum Gasteiger partial charge on any atom is -0.377 e. The van der Waals surface area contributed by atoms with E-state index in [1.54, 1.807) is 6.07 Å². The third-order valence-corrected chi connectivity index (χ3v) is 6.92. The van der Waals surface area contributed by atoms with Crippen LogP contribution in [0.1, 0.15) is 55.7 Å². The summed E-state index contributed by atoms with van der Waals surface area (Å²) in [5.41, 5.74) is 11.7. The summed E-state index contributed by atoms with van der Waals surface area (Å²) in [5, 5.41) is 3.67. The molecule has 0 bridgehead atoms. The molecule has 1 aromatic heterocycles. The van der Waals surface area contributed by atoms with Gasteiger partial charge in [0.25, 0.3) is 0 Å². The lowest BCUT2D eigenvalue weighted by molar-refractivity contribution is -0.266. The van der Waals surface area contributed by atoms with Crippen LogP contribution in [0.5, 0.6) is 0 Å². The number of anilines is 1. The number of hydrogen-bond acceptors (Lipinski definition) is 7. The molecule has 2 aromatic rings. The molecule has 0 saturated carbocycles. The second-order valence-electron chi connectivity index (χ2n) is 9.29. The number of benzene rings is 1. The van der Waals surface area contributed by atoms with E-state index in [1.807, 2.05) is 20.8 Å². The Morgan fingerprint density at radius 1 is 1.29 bits per heavy atom. The van der Waals surface area contributed by atoms with Gasteiger partial charge in [-0.25, -0.2) is 14.4 Å². The quantitative estimate of drug-likeness (QED) is 0.555. The highest BCUT2D eigenvalue weighted by Gasteiger charge is 2.31. The summed E-state index contributed by atoms with van der Waals surface area (Å²) >= 11 is 3.52. The summed E-state index contributed by atoms with van der Waals surface area (Å²) in [6, 6.07) is 4.65. The zero-order valence-electron chi connectivity index (χ0n) is 20.1. The van der Waals surface area contributed by atoms with Gasteiger partial charge in [-0.15, -0.1) is 0 Å². The van der Waals surface area contributed by atoms with E-state index in [4.69, 9.17) is 19.9 Å². The summed E-state index contributed by atoms with van der Waals surface area (Å²) in [7, 11) is 0. The predicted octanol–water partition coefficient (Wildman–Crippen LogP) is 4.69. The van der Waals surface area contributed by atoms with E-state index in [1.165, 1.54) is 12.1 Å².